The summed E-state index contributed by atoms with van der Waals surface area (Å²) in [6.45, 7) is 9.91. The van der Waals surface area contributed by atoms with Gasteiger partial charge in [-0.05, 0) is 38.5 Å². The van der Waals surface area contributed by atoms with E-state index < -0.39 is 0 Å². The number of rotatable bonds is 11. The van der Waals surface area contributed by atoms with E-state index in [2.05, 4.69) is 42.0 Å². The van der Waals surface area contributed by atoms with E-state index in [1.54, 1.807) is 0 Å². The predicted octanol–water partition coefficient (Wildman–Crippen LogP) is 3.52. The lowest BCUT2D eigenvalue weighted by Gasteiger charge is -2.30. The van der Waals surface area contributed by atoms with Crippen molar-refractivity contribution in [3.63, 3.8) is 0 Å². The second-order valence-corrected chi connectivity index (χ2v) is 7.18. The van der Waals surface area contributed by atoms with Crippen LogP contribution in [-0.2, 0) is 0 Å². The van der Waals surface area contributed by atoms with E-state index in [0.717, 1.165) is 0 Å². The van der Waals surface area contributed by atoms with Gasteiger partial charge in [-0.15, -0.1) is 0 Å². The van der Waals surface area contributed by atoms with Gasteiger partial charge in [0.1, 0.15) is 0 Å². The SMILES string of the molecule is CCC[N+](C)(C)CCCCCC[N+](C)(C)CCC. The normalized spacial score (nSPS) is 13.0. The third-order valence-corrected chi connectivity index (χ3v) is 3.93. The largest absolute Gasteiger partial charge is 0.328 e. The van der Waals surface area contributed by atoms with Gasteiger partial charge in [0.15, 0.2) is 0 Å². The molecule has 0 amide bonds. The molecule has 0 saturated heterocycles. The first-order valence-corrected chi connectivity index (χ1v) is 7.97. The van der Waals surface area contributed by atoms with Gasteiger partial charge in [-0.25, -0.2) is 0 Å². The van der Waals surface area contributed by atoms with E-state index in [1.807, 2.05) is 0 Å². The molecule has 0 spiro atoms. The number of hydrogen-bond donors (Lipinski definition) is 0. The summed E-state index contributed by atoms with van der Waals surface area (Å²) < 4.78 is 2.40. The molecule has 110 valence electrons. The van der Waals surface area contributed by atoms with Crippen molar-refractivity contribution in [3.05, 3.63) is 0 Å². The molecular weight excluding hydrogens is 220 g/mol. The highest BCUT2D eigenvalue weighted by atomic mass is 15.3. The maximum Gasteiger partial charge on any atom is 0.0782 e. The van der Waals surface area contributed by atoms with Crippen LogP contribution in [0.1, 0.15) is 52.4 Å². The minimum absolute atomic E-state index is 1.20. The summed E-state index contributed by atoms with van der Waals surface area (Å²) in [4.78, 5) is 0. The highest BCUT2D eigenvalue weighted by Crippen LogP contribution is 2.09. The van der Waals surface area contributed by atoms with Gasteiger partial charge in [0.25, 0.3) is 0 Å². The van der Waals surface area contributed by atoms with Crippen LogP contribution in [0.4, 0.5) is 0 Å². The zero-order valence-corrected chi connectivity index (χ0v) is 14.0. The fourth-order valence-electron chi connectivity index (χ4n) is 2.87. The molecule has 0 aromatic carbocycles. The average Bonchev–Trinajstić information content (AvgIpc) is 2.22. The van der Waals surface area contributed by atoms with Crippen molar-refractivity contribution < 1.29 is 8.97 Å². The van der Waals surface area contributed by atoms with Gasteiger partial charge in [0.2, 0.25) is 0 Å². The van der Waals surface area contributed by atoms with E-state index in [-0.39, 0.29) is 0 Å². The number of quaternary nitrogens is 2. The van der Waals surface area contributed by atoms with Gasteiger partial charge in [-0.1, -0.05) is 13.8 Å². The lowest BCUT2D eigenvalue weighted by atomic mass is 10.1. The Bertz CT molecular complexity index is 175. The molecule has 0 heterocycles. The molecule has 2 nitrogen and oxygen atoms in total. The lowest BCUT2D eigenvalue weighted by Crippen LogP contribution is -2.41. The molecule has 18 heavy (non-hydrogen) atoms. The Balaban J connectivity index is 3.52. The topological polar surface area (TPSA) is 0 Å². The van der Waals surface area contributed by atoms with Crippen LogP contribution in [0.3, 0.4) is 0 Å². The third kappa shape index (κ3) is 9.90. The van der Waals surface area contributed by atoms with Crippen molar-refractivity contribution in [1.82, 2.24) is 0 Å². The van der Waals surface area contributed by atoms with Crippen molar-refractivity contribution >= 4 is 0 Å². The van der Waals surface area contributed by atoms with Crippen molar-refractivity contribution in [2.45, 2.75) is 52.4 Å². The third-order valence-electron chi connectivity index (χ3n) is 3.93. The molecule has 0 atom stereocenters. The van der Waals surface area contributed by atoms with Crippen molar-refractivity contribution in [1.29, 1.82) is 0 Å². The summed E-state index contributed by atoms with van der Waals surface area (Å²) in [6.07, 6.45) is 8.23. The molecule has 0 aliphatic rings. The van der Waals surface area contributed by atoms with Crippen LogP contribution in [-0.4, -0.2) is 63.3 Å². The first-order valence-electron chi connectivity index (χ1n) is 7.97. The molecule has 0 unspecified atom stereocenters. The highest BCUT2D eigenvalue weighted by Gasteiger charge is 2.14. The Morgan fingerprint density at radius 3 is 1.11 bits per heavy atom. The van der Waals surface area contributed by atoms with Crippen molar-refractivity contribution in [2.75, 3.05) is 54.4 Å². The maximum absolute atomic E-state index is 2.37. The second kappa shape index (κ2) is 8.92. The Hall–Kier alpha value is -0.0800. The van der Waals surface area contributed by atoms with E-state index in [4.69, 9.17) is 0 Å². The summed E-state index contributed by atoms with van der Waals surface area (Å²) in [6, 6.07) is 0. The van der Waals surface area contributed by atoms with Crippen molar-refractivity contribution in [2.24, 2.45) is 0 Å². The average molecular weight is 258 g/mol. The van der Waals surface area contributed by atoms with Gasteiger partial charge >= 0.3 is 0 Å². The molecule has 0 aromatic rings. The van der Waals surface area contributed by atoms with Crippen LogP contribution in [0.25, 0.3) is 0 Å². The van der Waals surface area contributed by atoms with Crippen LogP contribution < -0.4 is 0 Å². The minimum Gasteiger partial charge on any atom is -0.328 e. The van der Waals surface area contributed by atoms with Gasteiger partial charge in [-0.2, -0.15) is 0 Å². The van der Waals surface area contributed by atoms with Gasteiger partial charge in [0.05, 0.1) is 54.4 Å². The quantitative estimate of drug-likeness (QED) is 0.393. The van der Waals surface area contributed by atoms with Gasteiger partial charge in [0, 0.05) is 0 Å². The molecule has 0 bridgehead atoms. The predicted molar refractivity (Wildman–Crippen MR) is 82.7 cm³/mol. The molecule has 0 aliphatic heterocycles. The van der Waals surface area contributed by atoms with Crippen LogP contribution >= 0.6 is 0 Å². The molecular formula is C16H38N2+2. The molecule has 0 aromatic heterocycles. The Labute approximate surface area is 116 Å². The zero-order chi connectivity index (χ0) is 14.1. The monoisotopic (exact) mass is 258 g/mol. The molecule has 0 N–H and O–H groups in total. The number of unbranched alkanes of at least 4 members (excludes halogenated alkanes) is 3. The Kier molecular flexibility index (Phi) is 8.89. The van der Waals surface area contributed by atoms with Crippen LogP contribution in [0, 0.1) is 0 Å². The standard InChI is InChI=1S/C16H38N2/c1-7-13-17(3,4)15-11-9-10-12-16-18(5,6)14-8-2/h7-16H2,1-6H3/q+2. The number of hydrogen-bond acceptors (Lipinski definition) is 0. The summed E-state index contributed by atoms with van der Waals surface area (Å²) in [5.41, 5.74) is 0. The van der Waals surface area contributed by atoms with Gasteiger partial charge in [-0.3, -0.25) is 0 Å². The molecule has 0 aliphatic carbocycles. The second-order valence-electron chi connectivity index (χ2n) is 7.18. The summed E-state index contributed by atoms with van der Waals surface area (Å²) >= 11 is 0. The Morgan fingerprint density at radius 2 is 0.833 bits per heavy atom. The maximum atomic E-state index is 2.37. The molecule has 0 rings (SSSR count). The molecule has 0 fully saturated rings. The fraction of sp³-hybridized carbons (Fsp3) is 1.00. The van der Waals surface area contributed by atoms with E-state index in [0.29, 0.717) is 0 Å². The molecule has 2 heteroatoms. The smallest absolute Gasteiger partial charge is 0.0782 e. The lowest BCUT2D eigenvalue weighted by molar-refractivity contribution is -0.891. The minimum atomic E-state index is 1.20. The van der Waals surface area contributed by atoms with Gasteiger partial charge < -0.3 is 8.97 Å². The summed E-state index contributed by atoms with van der Waals surface area (Å²) in [7, 11) is 9.46. The molecule has 0 saturated carbocycles. The fourth-order valence-corrected chi connectivity index (χ4v) is 2.87. The number of nitrogens with zero attached hydrogens (tertiary/aromatic N) is 2. The van der Waals surface area contributed by atoms with Crippen LogP contribution in [0.2, 0.25) is 0 Å². The highest BCUT2D eigenvalue weighted by molar-refractivity contribution is 4.44. The van der Waals surface area contributed by atoms with E-state index >= 15 is 0 Å². The van der Waals surface area contributed by atoms with E-state index in [1.165, 1.54) is 73.7 Å². The zero-order valence-electron chi connectivity index (χ0n) is 14.0. The van der Waals surface area contributed by atoms with Crippen LogP contribution in [0.5, 0.6) is 0 Å². The summed E-state index contributed by atoms with van der Waals surface area (Å²) in [5, 5.41) is 0. The molecule has 0 radical (unpaired) electrons. The first kappa shape index (κ1) is 17.9. The van der Waals surface area contributed by atoms with Crippen molar-refractivity contribution in [3.8, 4) is 0 Å². The van der Waals surface area contributed by atoms with E-state index in [9.17, 15) is 0 Å². The first-order chi connectivity index (χ1) is 8.33. The Morgan fingerprint density at radius 1 is 0.500 bits per heavy atom. The summed E-state index contributed by atoms with van der Waals surface area (Å²) in [5.74, 6) is 0. The van der Waals surface area contributed by atoms with Crippen LogP contribution in [0.15, 0.2) is 0 Å².